The molecule has 4 aromatic heterocycles. The monoisotopic (exact) mass is 1810 g/mol. The van der Waals surface area contributed by atoms with E-state index in [0.29, 0.717) is 0 Å². The van der Waals surface area contributed by atoms with Crippen molar-refractivity contribution in [2.45, 2.75) is 0 Å². The van der Waals surface area contributed by atoms with Gasteiger partial charge in [-0.1, -0.05) is 497 Å². The number of hydrogen-bond donors (Lipinski definition) is 0. The zero-order valence-electron chi connectivity index (χ0n) is 75.8. The fraction of sp³-hybridized carbons (Fsp3) is 0. The van der Waals surface area contributed by atoms with Gasteiger partial charge in [-0.05, 0) is 109 Å². The Morgan fingerprint density at radius 1 is 0.158 bits per heavy atom. The van der Waals surface area contributed by atoms with Gasteiger partial charge >= 0.3 is 0 Å². The predicted octanol–water partition coefficient (Wildman–Crippen LogP) is 31.5. The van der Waals surface area contributed by atoms with Gasteiger partial charge in [0.05, 0.1) is 44.7 Å². The molecule has 0 radical (unpaired) electrons. The number of nitrogens with zero attached hydrogens (tertiary/aromatic N) is 5. The van der Waals surface area contributed by atoms with Gasteiger partial charge in [0.1, 0.15) is 5.82 Å². The average Bonchev–Trinajstić information content (AvgIpc) is 1.44. The third-order valence-electron chi connectivity index (χ3n) is 26.6. The Morgan fingerprint density at radius 3 is 0.683 bits per heavy atom. The van der Waals surface area contributed by atoms with E-state index in [2.05, 4.69) is 375 Å². The molecule has 656 valence electrons. The van der Waals surface area contributed by atoms with Crippen LogP contribution in [0.5, 0.6) is 0 Å². The normalized spacial score (nSPS) is 11.5. The first-order valence-electron chi connectivity index (χ1n) is 46.9. The molecule has 9 heteroatoms. The molecular weight excluding hydrogens is 1730 g/mol. The van der Waals surface area contributed by atoms with Crippen LogP contribution in [0.2, 0.25) is 0 Å². The Kier molecular flexibility index (Phi) is 23.3. The minimum Gasteiger partial charge on any atom is -0.309 e. The molecule has 25 rings (SSSR count). The molecule has 0 N–H and O–H groups in total. The molecule has 0 spiro atoms. The summed E-state index contributed by atoms with van der Waals surface area (Å²) in [6.07, 6.45) is 0. The van der Waals surface area contributed by atoms with Gasteiger partial charge in [0.25, 0.3) is 0 Å². The molecule has 21 aromatic carbocycles. The lowest BCUT2D eigenvalue weighted by molar-refractivity contribution is 0.591. The zero-order chi connectivity index (χ0) is 93.0. The van der Waals surface area contributed by atoms with Crippen LogP contribution in [0.15, 0.2) is 540 Å². The van der Waals surface area contributed by atoms with Crippen molar-refractivity contribution in [3.8, 4) is 118 Å². The van der Waals surface area contributed by atoms with Crippen molar-refractivity contribution in [2.24, 2.45) is 0 Å². The minimum atomic E-state index is -3.01. The van der Waals surface area contributed by atoms with Gasteiger partial charge in [0, 0.05) is 108 Å². The summed E-state index contributed by atoms with van der Waals surface area (Å²) >= 11 is 0. The van der Waals surface area contributed by atoms with Crippen LogP contribution in [0.25, 0.3) is 194 Å². The van der Waals surface area contributed by atoms with E-state index in [1.165, 1.54) is 54.9 Å². The first-order chi connectivity index (χ1) is 68.7. The fourth-order valence-corrected chi connectivity index (χ4v) is 25.0. The van der Waals surface area contributed by atoms with E-state index in [9.17, 15) is 9.13 Å². The van der Waals surface area contributed by atoms with Gasteiger partial charge in [-0.25, -0.2) is 19.9 Å². The van der Waals surface area contributed by atoms with Crippen LogP contribution in [0, 0.1) is 0 Å². The average molecular weight is 1820 g/mol. The molecule has 0 fully saturated rings. The molecule has 0 bridgehead atoms. The fourth-order valence-electron chi connectivity index (χ4n) is 19.8. The lowest BCUT2D eigenvalue weighted by Crippen LogP contribution is -2.24. The number of hydrogen-bond acceptors (Lipinski definition) is 6. The van der Waals surface area contributed by atoms with Gasteiger partial charge < -0.3 is 9.13 Å². The standard InChI is InChI=1S/C44H29N3.2C43H30NOP/c1-3-12-33(13-4-1)43-38-18-11-17-36(42(38)37-16-7-8-19-39(37)45-43)32-24-22-30(23-25-32)31-26-28-35(29-27-31)47-41-21-10-9-20-40(41)46-44(47)34-14-5-2-6-15-34;2*45-46(35-15-6-2-7-16-35,36-17-8-3-9-18-36)37-29-27-32(28-30-37)31-23-25-33(26-24-31)38-20-12-21-40-42(38)39-19-10-11-22-41(39)44-43(40)34-13-4-1-5-14-34/h1-29H;2*1-30H. The van der Waals surface area contributed by atoms with Crippen molar-refractivity contribution in [3.63, 3.8) is 0 Å². The SMILES string of the molecule is O=P(c1ccccc1)(c1ccccc1)c1ccc(-c2ccc(-c3cccc4c(-c5ccccc5)nc5ccccc5c34)cc2)cc1.O=P(c1ccccc1)(c1ccccc1)c1ccc(-c2ccc(-c3cccc4c(-c5ccccc5)nc5ccccc5c34)cc2)cc1.c1ccc(-c2nc3ccccc3c3c(-c4ccc(-c5ccc(-n6c(-c7ccccc7)nc7ccccc76)cc5)cc4)cccc23)cc1. The molecule has 0 saturated carbocycles. The van der Waals surface area contributed by atoms with E-state index in [-0.39, 0.29) is 0 Å². The van der Waals surface area contributed by atoms with Gasteiger partial charge in [-0.2, -0.15) is 0 Å². The summed E-state index contributed by atoms with van der Waals surface area (Å²) in [5, 5.41) is 15.6. The predicted molar refractivity (Wildman–Crippen MR) is 586 cm³/mol. The molecule has 7 nitrogen and oxygen atoms in total. The summed E-state index contributed by atoms with van der Waals surface area (Å²) in [6.45, 7) is 0. The smallest absolute Gasteiger partial charge is 0.171 e. The van der Waals surface area contributed by atoms with Crippen molar-refractivity contribution >= 4 is 122 Å². The summed E-state index contributed by atoms with van der Waals surface area (Å²) < 4.78 is 31.8. The molecule has 0 unspecified atom stereocenters. The van der Waals surface area contributed by atoms with Crippen LogP contribution < -0.4 is 31.8 Å². The minimum absolute atomic E-state index is 0.829. The Morgan fingerprint density at radius 2 is 0.381 bits per heavy atom. The number of aromatic nitrogens is 5. The number of rotatable bonds is 17. The van der Waals surface area contributed by atoms with Gasteiger partial charge in [0.15, 0.2) is 14.3 Å². The largest absolute Gasteiger partial charge is 0.309 e. The lowest BCUT2D eigenvalue weighted by Gasteiger charge is -2.20. The van der Waals surface area contributed by atoms with Crippen molar-refractivity contribution < 1.29 is 9.13 Å². The summed E-state index contributed by atoms with van der Waals surface area (Å²) in [7, 11) is -6.02. The van der Waals surface area contributed by atoms with Crippen molar-refractivity contribution in [1.82, 2.24) is 24.5 Å². The molecule has 25 aromatic rings. The van der Waals surface area contributed by atoms with E-state index >= 15 is 0 Å². The first-order valence-corrected chi connectivity index (χ1v) is 50.3. The first kappa shape index (κ1) is 85.7. The highest BCUT2D eigenvalue weighted by atomic mass is 31.2. The Balaban J connectivity index is 0.000000117. The third kappa shape index (κ3) is 16.5. The Labute approximate surface area is 807 Å². The summed E-state index contributed by atoms with van der Waals surface area (Å²) in [5.74, 6) is 0.942. The topological polar surface area (TPSA) is 90.6 Å². The van der Waals surface area contributed by atoms with Crippen LogP contribution in [0.1, 0.15) is 0 Å². The molecule has 4 heterocycles. The van der Waals surface area contributed by atoms with E-state index in [1.807, 2.05) is 170 Å². The van der Waals surface area contributed by atoms with Crippen molar-refractivity contribution in [1.29, 1.82) is 0 Å². The van der Waals surface area contributed by atoms with E-state index in [0.717, 1.165) is 171 Å². The molecule has 0 atom stereocenters. The maximum atomic E-state index is 14.8. The number of para-hydroxylation sites is 5. The van der Waals surface area contributed by atoms with Crippen molar-refractivity contribution in [2.75, 3.05) is 0 Å². The maximum absolute atomic E-state index is 14.8. The Hall–Kier alpha value is -17.4. The van der Waals surface area contributed by atoms with Gasteiger partial charge in [0.2, 0.25) is 0 Å². The molecule has 0 aliphatic rings. The maximum Gasteiger partial charge on any atom is 0.171 e. The second kappa shape index (κ2) is 37.8. The molecule has 139 heavy (non-hydrogen) atoms. The van der Waals surface area contributed by atoms with E-state index in [4.69, 9.17) is 19.9 Å². The molecule has 0 aliphatic heterocycles. The summed E-state index contributed by atoms with van der Waals surface area (Å²) in [6, 6.07) is 186. The van der Waals surface area contributed by atoms with Crippen LogP contribution in [-0.2, 0) is 9.13 Å². The number of fused-ring (bicyclic) bond motifs is 10. The van der Waals surface area contributed by atoms with Crippen molar-refractivity contribution in [3.05, 3.63) is 540 Å². The Bertz CT molecular complexity index is 8470. The lowest BCUT2D eigenvalue weighted by atomic mass is 9.92. The zero-order valence-corrected chi connectivity index (χ0v) is 77.6. The number of benzene rings is 21. The highest BCUT2D eigenvalue weighted by Gasteiger charge is 2.32. The number of pyridine rings is 3. The van der Waals surface area contributed by atoms with Crippen LogP contribution >= 0.6 is 14.3 Å². The van der Waals surface area contributed by atoms with E-state index < -0.39 is 14.3 Å². The van der Waals surface area contributed by atoms with Crippen LogP contribution in [0.4, 0.5) is 0 Å². The third-order valence-corrected chi connectivity index (χ3v) is 32.7. The van der Waals surface area contributed by atoms with Gasteiger partial charge in [-0.3, -0.25) is 4.57 Å². The highest BCUT2D eigenvalue weighted by molar-refractivity contribution is 7.85. The molecule has 0 aliphatic carbocycles. The summed E-state index contributed by atoms with van der Waals surface area (Å²) in [5.41, 5.74) is 27.4. The van der Waals surface area contributed by atoms with Crippen LogP contribution in [0.3, 0.4) is 0 Å². The second-order valence-corrected chi connectivity index (χ2v) is 40.3. The van der Waals surface area contributed by atoms with E-state index in [1.54, 1.807) is 0 Å². The van der Waals surface area contributed by atoms with Gasteiger partial charge in [-0.15, -0.1) is 0 Å². The van der Waals surface area contributed by atoms with Crippen LogP contribution in [-0.4, -0.2) is 24.5 Å². The number of imidazole rings is 1. The second-order valence-electron chi connectivity index (χ2n) is 34.8. The quantitative estimate of drug-likeness (QED) is 0.0666. The summed E-state index contributed by atoms with van der Waals surface area (Å²) in [4.78, 5) is 20.3. The highest BCUT2D eigenvalue weighted by Crippen LogP contribution is 2.48. The molecule has 0 saturated heterocycles. The molecule has 0 amide bonds. The molecular formula is C130H89N5O2P2.